The molecule has 1 aliphatic heterocycles. The molecule has 0 aliphatic carbocycles. The molecule has 1 amide bonds. The molecule has 194 valence electrons. The maximum absolute atomic E-state index is 11.9. The normalized spacial score (nSPS) is 24.7. The number of carbonyl (C=O) groups excluding carboxylic acids is 4. The first kappa shape index (κ1) is 28.2. The summed E-state index contributed by atoms with van der Waals surface area (Å²) in [6.07, 6.45) is -4.84. The predicted octanol–water partition coefficient (Wildman–Crippen LogP) is 1.26. The molecule has 0 aromatic heterocycles. The number of ether oxygens (including phenoxy) is 6. The Bertz CT molecular complexity index is 861. The Labute approximate surface area is 204 Å². The molecule has 11 nitrogen and oxygen atoms in total. The number of esters is 3. The third-order valence-corrected chi connectivity index (χ3v) is 4.94. The molecule has 1 saturated heterocycles. The lowest BCUT2D eigenvalue weighted by Crippen LogP contribution is -2.66. The number of benzene rings is 1. The van der Waals surface area contributed by atoms with Crippen molar-refractivity contribution >= 4 is 23.8 Å². The van der Waals surface area contributed by atoms with Crippen LogP contribution in [0.5, 0.6) is 0 Å². The lowest BCUT2D eigenvalue weighted by molar-refractivity contribution is -0.282. The van der Waals surface area contributed by atoms with E-state index in [0.29, 0.717) is 6.61 Å². The van der Waals surface area contributed by atoms with Gasteiger partial charge in [-0.2, -0.15) is 0 Å². The van der Waals surface area contributed by atoms with Crippen LogP contribution in [0.4, 0.5) is 0 Å². The summed E-state index contributed by atoms with van der Waals surface area (Å²) in [4.78, 5) is 47.0. The highest BCUT2D eigenvalue weighted by Crippen LogP contribution is 2.28. The van der Waals surface area contributed by atoms with Crippen molar-refractivity contribution in [2.24, 2.45) is 0 Å². The van der Waals surface area contributed by atoms with E-state index in [0.717, 1.165) is 5.56 Å². The van der Waals surface area contributed by atoms with Gasteiger partial charge in [0.25, 0.3) is 0 Å². The van der Waals surface area contributed by atoms with E-state index in [9.17, 15) is 19.2 Å². The van der Waals surface area contributed by atoms with Crippen molar-refractivity contribution in [1.82, 2.24) is 5.32 Å². The van der Waals surface area contributed by atoms with Crippen molar-refractivity contribution in [1.29, 1.82) is 0 Å². The second kappa shape index (κ2) is 13.8. The first-order valence-electron chi connectivity index (χ1n) is 11.2. The van der Waals surface area contributed by atoms with Gasteiger partial charge in [-0.15, -0.1) is 0 Å². The van der Waals surface area contributed by atoms with Gasteiger partial charge in [0.15, 0.2) is 18.5 Å². The minimum absolute atomic E-state index is 0.0683. The maximum Gasteiger partial charge on any atom is 0.303 e. The zero-order valence-corrected chi connectivity index (χ0v) is 20.6. The van der Waals surface area contributed by atoms with Crippen molar-refractivity contribution in [2.75, 3.05) is 13.2 Å². The molecule has 1 aliphatic rings. The van der Waals surface area contributed by atoms with E-state index >= 15 is 0 Å². The van der Waals surface area contributed by atoms with Gasteiger partial charge in [0, 0.05) is 27.7 Å². The SMILES string of the molecule is CC(=O)NC1C(OCC(C)OCc2ccccc2)O[C@H](COC(C)=O)[C@H](OC(C)=O)[C@@H]1OC(C)=O. The molecule has 0 bridgehead atoms. The summed E-state index contributed by atoms with van der Waals surface area (Å²) in [6, 6.07) is 8.58. The van der Waals surface area contributed by atoms with Crippen molar-refractivity contribution in [3.8, 4) is 0 Å². The van der Waals surface area contributed by atoms with E-state index in [2.05, 4.69) is 5.32 Å². The maximum atomic E-state index is 11.9. The zero-order valence-electron chi connectivity index (χ0n) is 20.6. The first-order chi connectivity index (χ1) is 16.6. The van der Waals surface area contributed by atoms with Crippen LogP contribution in [0.1, 0.15) is 40.2 Å². The largest absolute Gasteiger partial charge is 0.463 e. The third-order valence-electron chi connectivity index (χ3n) is 4.94. The zero-order chi connectivity index (χ0) is 26.0. The van der Waals surface area contributed by atoms with E-state index < -0.39 is 54.5 Å². The lowest BCUT2D eigenvalue weighted by atomic mass is 9.96. The summed E-state index contributed by atoms with van der Waals surface area (Å²) in [5.74, 6) is -2.37. The van der Waals surface area contributed by atoms with Crippen molar-refractivity contribution in [2.45, 2.75) is 78.0 Å². The van der Waals surface area contributed by atoms with E-state index in [1.165, 1.54) is 27.7 Å². The molecule has 3 unspecified atom stereocenters. The van der Waals surface area contributed by atoms with E-state index in [1.807, 2.05) is 30.3 Å². The van der Waals surface area contributed by atoms with E-state index in [4.69, 9.17) is 28.4 Å². The summed E-state index contributed by atoms with van der Waals surface area (Å²) in [6.45, 7) is 6.80. The highest BCUT2D eigenvalue weighted by molar-refractivity contribution is 5.73. The molecule has 0 radical (unpaired) electrons. The molecule has 0 saturated carbocycles. The lowest BCUT2D eigenvalue weighted by Gasteiger charge is -2.45. The molecule has 1 heterocycles. The van der Waals surface area contributed by atoms with Crippen LogP contribution >= 0.6 is 0 Å². The third kappa shape index (κ3) is 9.63. The van der Waals surface area contributed by atoms with Crippen LogP contribution in [0.3, 0.4) is 0 Å². The molecule has 1 aromatic rings. The second-order valence-corrected chi connectivity index (χ2v) is 8.16. The Hall–Kier alpha value is -3.02. The molecule has 35 heavy (non-hydrogen) atoms. The van der Waals surface area contributed by atoms with Gasteiger partial charge < -0.3 is 33.7 Å². The average Bonchev–Trinajstić information content (AvgIpc) is 2.78. The fourth-order valence-electron chi connectivity index (χ4n) is 3.52. The number of rotatable bonds is 11. The van der Waals surface area contributed by atoms with Gasteiger partial charge >= 0.3 is 17.9 Å². The Balaban J connectivity index is 2.20. The molecular weight excluding hydrogens is 462 g/mol. The molecule has 11 heteroatoms. The average molecular weight is 496 g/mol. The number of hydrogen-bond donors (Lipinski definition) is 1. The fourth-order valence-corrected chi connectivity index (χ4v) is 3.52. The Morgan fingerprint density at radius 1 is 0.943 bits per heavy atom. The molecular formula is C24H33NO10. The van der Waals surface area contributed by atoms with Crippen molar-refractivity contribution in [3.05, 3.63) is 35.9 Å². The molecule has 2 rings (SSSR count). The Morgan fingerprint density at radius 3 is 2.14 bits per heavy atom. The highest BCUT2D eigenvalue weighted by Gasteiger charge is 2.51. The summed E-state index contributed by atoms with van der Waals surface area (Å²) in [7, 11) is 0. The Morgan fingerprint density at radius 2 is 1.57 bits per heavy atom. The Kier molecular flexibility index (Phi) is 11.1. The van der Waals surface area contributed by atoms with Gasteiger partial charge in [0.2, 0.25) is 5.91 Å². The monoisotopic (exact) mass is 495 g/mol. The quantitative estimate of drug-likeness (QED) is 0.353. The van der Waals surface area contributed by atoms with Gasteiger partial charge in [0.1, 0.15) is 18.8 Å². The first-order valence-corrected chi connectivity index (χ1v) is 11.2. The van der Waals surface area contributed by atoms with Crippen LogP contribution in [-0.2, 0) is 54.2 Å². The van der Waals surface area contributed by atoms with Crippen molar-refractivity contribution in [3.63, 3.8) is 0 Å². The van der Waals surface area contributed by atoms with Gasteiger partial charge in [0.05, 0.1) is 19.3 Å². The van der Waals surface area contributed by atoms with Crippen LogP contribution in [0, 0.1) is 0 Å². The van der Waals surface area contributed by atoms with Gasteiger partial charge in [-0.25, -0.2) is 0 Å². The molecule has 6 atom stereocenters. The van der Waals surface area contributed by atoms with Crippen LogP contribution < -0.4 is 5.32 Å². The summed E-state index contributed by atoms with van der Waals surface area (Å²) >= 11 is 0. The van der Waals surface area contributed by atoms with Gasteiger partial charge in [-0.05, 0) is 12.5 Å². The van der Waals surface area contributed by atoms with Crippen LogP contribution in [0.2, 0.25) is 0 Å². The molecule has 0 spiro atoms. The predicted molar refractivity (Wildman–Crippen MR) is 121 cm³/mol. The topological polar surface area (TPSA) is 136 Å². The number of nitrogens with one attached hydrogen (secondary N) is 1. The minimum atomic E-state index is -1.17. The van der Waals surface area contributed by atoms with E-state index in [1.54, 1.807) is 6.92 Å². The van der Waals surface area contributed by atoms with E-state index in [-0.39, 0.29) is 19.3 Å². The van der Waals surface area contributed by atoms with Gasteiger partial charge in [-0.1, -0.05) is 30.3 Å². The van der Waals surface area contributed by atoms with Crippen LogP contribution in [0.25, 0.3) is 0 Å². The second-order valence-electron chi connectivity index (χ2n) is 8.16. The van der Waals surface area contributed by atoms with Gasteiger partial charge in [-0.3, -0.25) is 19.2 Å². The molecule has 1 aromatic carbocycles. The van der Waals surface area contributed by atoms with Crippen LogP contribution in [0.15, 0.2) is 30.3 Å². The van der Waals surface area contributed by atoms with Crippen LogP contribution in [-0.4, -0.2) is 73.8 Å². The molecule has 1 fully saturated rings. The standard InChI is InChI=1S/C24H33NO10/c1-14(30-12-19-9-7-6-8-10-19)11-32-24-21(25-15(2)26)23(34-18(5)29)22(33-17(4)28)20(35-24)13-31-16(3)27/h6-10,14,20-24H,11-13H2,1-5H3,(H,25,26)/t14?,20-,21?,22+,23-,24?/m1/s1. The molecule has 1 N–H and O–H groups in total. The number of hydrogen-bond acceptors (Lipinski definition) is 10. The smallest absolute Gasteiger partial charge is 0.303 e. The van der Waals surface area contributed by atoms with Crippen molar-refractivity contribution < 1.29 is 47.6 Å². The number of carbonyl (C=O) groups is 4. The summed E-state index contributed by atoms with van der Waals surface area (Å²) in [5.41, 5.74) is 0.991. The highest BCUT2D eigenvalue weighted by atomic mass is 16.7. The summed E-state index contributed by atoms with van der Waals surface area (Å²) < 4.78 is 33.5. The number of amides is 1. The minimum Gasteiger partial charge on any atom is -0.463 e. The summed E-state index contributed by atoms with van der Waals surface area (Å²) in [5, 5.41) is 2.65. The fraction of sp³-hybridized carbons (Fsp3) is 0.583.